The molecule has 4 nitrogen and oxygen atoms in total. The Hall–Kier alpha value is -1.19. The summed E-state index contributed by atoms with van der Waals surface area (Å²) >= 11 is 0. The van der Waals surface area contributed by atoms with Gasteiger partial charge in [0.05, 0.1) is 5.41 Å². The van der Waals surface area contributed by atoms with Crippen molar-refractivity contribution >= 4 is 17.5 Å². The Labute approximate surface area is 143 Å². The Kier molecular flexibility index (Phi) is 3.05. The van der Waals surface area contributed by atoms with Crippen LogP contribution in [-0.4, -0.2) is 22.6 Å². The quantitative estimate of drug-likeness (QED) is 0.796. The Morgan fingerprint density at radius 3 is 2.42 bits per heavy atom. The van der Waals surface area contributed by atoms with Crippen LogP contribution in [0.5, 0.6) is 0 Å². The monoisotopic (exact) mass is 332 g/mol. The first-order chi connectivity index (χ1) is 11.1. The molecular formula is C20H28O4. The van der Waals surface area contributed by atoms with E-state index in [0.29, 0.717) is 25.0 Å². The largest absolute Gasteiger partial charge is 0.481 e. The Bertz CT molecular complexity index is 654. The van der Waals surface area contributed by atoms with Crippen molar-refractivity contribution in [3.05, 3.63) is 0 Å². The maximum atomic E-state index is 13.1. The third-order valence-corrected chi connectivity index (χ3v) is 8.78. The van der Waals surface area contributed by atoms with Crippen LogP contribution < -0.4 is 0 Å². The minimum atomic E-state index is -0.954. The van der Waals surface area contributed by atoms with Crippen molar-refractivity contribution < 1.29 is 19.5 Å². The summed E-state index contributed by atoms with van der Waals surface area (Å²) in [5, 5.41) is 9.92. The van der Waals surface area contributed by atoms with E-state index in [2.05, 4.69) is 13.8 Å². The molecule has 132 valence electrons. The topological polar surface area (TPSA) is 71.4 Å². The van der Waals surface area contributed by atoms with Crippen molar-refractivity contribution in [3.8, 4) is 0 Å². The molecule has 0 aromatic carbocycles. The lowest BCUT2D eigenvalue weighted by Crippen LogP contribution is -2.64. The highest BCUT2D eigenvalue weighted by molar-refractivity contribution is 5.93. The summed E-state index contributed by atoms with van der Waals surface area (Å²) in [4.78, 5) is 37.8. The van der Waals surface area contributed by atoms with Gasteiger partial charge in [-0.2, -0.15) is 0 Å². The number of carboxylic acids is 1. The minimum Gasteiger partial charge on any atom is -0.481 e. The molecule has 0 amide bonds. The lowest BCUT2D eigenvalue weighted by Gasteiger charge is -2.64. The molecule has 4 rings (SSSR count). The summed E-state index contributed by atoms with van der Waals surface area (Å²) in [5.74, 6) is -0.670. The molecule has 4 fully saturated rings. The minimum absolute atomic E-state index is 0.0225. The van der Waals surface area contributed by atoms with Crippen molar-refractivity contribution in [1.82, 2.24) is 0 Å². The third kappa shape index (κ3) is 1.63. The van der Waals surface area contributed by atoms with Crippen molar-refractivity contribution in [2.75, 3.05) is 0 Å². The molecule has 0 radical (unpaired) electrons. The highest BCUT2D eigenvalue weighted by atomic mass is 16.4. The zero-order valence-corrected chi connectivity index (χ0v) is 15.0. The lowest BCUT2D eigenvalue weighted by molar-refractivity contribution is -0.196. The summed E-state index contributed by atoms with van der Waals surface area (Å²) in [5.41, 5.74) is -1.51. The molecule has 6 atom stereocenters. The van der Waals surface area contributed by atoms with Gasteiger partial charge in [-0.05, 0) is 55.8 Å². The Morgan fingerprint density at radius 1 is 1.04 bits per heavy atom. The number of carbonyl (C=O) groups is 3. The van der Waals surface area contributed by atoms with Crippen LogP contribution in [0, 0.1) is 33.5 Å². The van der Waals surface area contributed by atoms with E-state index in [9.17, 15) is 19.5 Å². The number of aliphatic carboxylic acids is 1. The first kappa shape index (κ1) is 16.3. The molecule has 0 heterocycles. The van der Waals surface area contributed by atoms with Crippen molar-refractivity contribution in [3.63, 3.8) is 0 Å². The maximum Gasteiger partial charge on any atom is 0.310 e. The van der Waals surface area contributed by atoms with Crippen LogP contribution in [-0.2, 0) is 14.4 Å². The fourth-order valence-corrected chi connectivity index (χ4v) is 7.50. The number of hydrogen-bond acceptors (Lipinski definition) is 3. The molecular weight excluding hydrogens is 304 g/mol. The molecule has 24 heavy (non-hydrogen) atoms. The van der Waals surface area contributed by atoms with Crippen molar-refractivity contribution in [2.24, 2.45) is 33.5 Å². The maximum absolute atomic E-state index is 13.1. The van der Waals surface area contributed by atoms with Gasteiger partial charge in [0.1, 0.15) is 11.6 Å². The van der Waals surface area contributed by atoms with Crippen LogP contribution >= 0.6 is 0 Å². The molecule has 4 aliphatic carbocycles. The smallest absolute Gasteiger partial charge is 0.310 e. The Balaban J connectivity index is 1.87. The fourth-order valence-electron chi connectivity index (χ4n) is 7.50. The van der Waals surface area contributed by atoms with E-state index < -0.39 is 17.3 Å². The number of hydrogen-bond donors (Lipinski definition) is 1. The molecule has 1 spiro atoms. The molecule has 4 saturated carbocycles. The number of fused-ring (bicyclic) bond motifs is 2. The van der Waals surface area contributed by atoms with Crippen LogP contribution in [0.15, 0.2) is 0 Å². The van der Waals surface area contributed by atoms with Gasteiger partial charge >= 0.3 is 5.97 Å². The second-order valence-electron chi connectivity index (χ2n) is 9.81. The van der Waals surface area contributed by atoms with Crippen LogP contribution in [0.4, 0.5) is 0 Å². The predicted molar refractivity (Wildman–Crippen MR) is 88.3 cm³/mol. The van der Waals surface area contributed by atoms with E-state index >= 15 is 0 Å². The molecule has 2 bridgehead atoms. The number of ketones is 2. The van der Waals surface area contributed by atoms with Gasteiger partial charge in [-0.3, -0.25) is 14.4 Å². The predicted octanol–water partition coefficient (Wildman–Crippen LogP) is 3.62. The highest BCUT2D eigenvalue weighted by Crippen LogP contribution is 2.74. The summed E-state index contributed by atoms with van der Waals surface area (Å²) in [7, 11) is 0. The SMILES string of the molecule is C[C@@]12CC[C@]3(C1)C(CC(=O)[C@H]1[C@](C)(C(=O)O)CCC[C@@]13C)CC2=O. The number of carboxylic acid groups (broad SMARTS) is 1. The zero-order chi connectivity index (χ0) is 17.5. The second-order valence-corrected chi connectivity index (χ2v) is 9.81. The van der Waals surface area contributed by atoms with E-state index in [1.54, 1.807) is 6.92 Å². The number of carbonyl (C=O) groups excluding carboxylic acids is 2. The van der Waals surface area contributed by atoms with E-state index in [4.69, 9.17) is 0 Å². The summed E-state index contributed by atoms with van der Waals surface area (Å²) in [6, 6.07) is 0. The van der Waals surface area contributed by atoms with Gasteiger partial charge in [0, 0.05) is 24.2 Å². The van der Waals surface area contributed by atoms with Gasteiger partial charge in [0.2, 0.25) is 0 Å². The molecule has 0 aromatic heterocycles. The molecule has 1 unspecified atom stereocenters. The molecule has 0 aromatic rings. The Morgan fingerprint density at radius 2 is 1.75 bits per heavy atom. The first-order valence-corrected chi connectivity index (χ1v) is 9.39. The average Bonchev–Trinajstić information content (AvgIpc) is 2.81. The molecule has 0 aliphatic heterocycles. The average molecular weight is 332 g/mol. The van der Waals surface area contributed by atoms with E-state index in [-0.39, 0.29) is 27.9 Å². The summed E-state index contributed by atoms with van der Waals surface area (Å²) < 4.78 is 0. The summed E-state index contributed by atoms with van der Waals surface area (Å²) in [6.07, 6.45) is 6.05. The summed E-state index contributed by atoms with van der Waals surface area (Å²) in [6.45, 7) is 6.06. The van der Waals surface area contributed by atoms with Crippen LogP contribution in [0.2, 0.25) is 0 Å². The molecule has 1 N–H and O–H groups in total. The van der Waals surface area contributed by atoms with Gasteiger partial charge < -0.3 is 5.11 Å². The van der Waals surface area contributed by atoms with Crippen LogP contribution in [0.3, 0.4) is 0 Å². The second kappa shape index (κ2) is 4.50. The standard InChI is InChI=1S/C20H28O4/c1-17-7-8-20(11-17)12(10-14(17)22)9-13(21)15-18(2,16(23)24)5-4-6-19(15,20)3/h12,15H,4-11H2,1-3H3,(H,23,24)/t12?,15-,17+,18+,19-,20-/m0/s1. The van der Waals surface area contributed by atoms with Crippen molar-refractivity contribution in [1.29, 1.82) is 0 Å². The van der Waals surface area contributed by atoms with E-state index in [1.807, 2.05) is 0 Å². The lowest BCUT2D eigenvalue weighted by atomic mass is 9.38. The van der Waals surface area contributed by atoms with Crippen molar-refractivity contribution in [2.45, 2.75) is 72.1 Å². The fraction of sp³-hybridized carbons (Fsp3) is 0.850. The number of rotatable bonds is 1. The first-order valence-electron chi connectivity index (χ1n) is 9.39. The number of Topliss-reactive ketones (excluding diaryl/α,β-unsaturated/α-hetero) is 2. The van der Waals surface area contributed by atoms with Gasteiger partial charge in [-0.25, -0.2) is 0 Å². The normalized spacial score (nSPS) is 53.5. The molecule has 0 saturated heterocycles. The van der Waals surface area contributed by atoms with Gasteiger partial charge in [-0.1, -0.05) is 20.3 Å². The van der Waals surface area contributed by atoms with Gasteiger partial charge in [-0.15, -0.1) is 0 Å². The molecule has 4 aliphatic rings. The van der Waals surface area contributed by atoms with E-state index in [0.717, 1.165) is 32.1 Å². The van der Waals surface area contributed by atoms with E-state index in [1.165, 1.54) is 0 Å². The third-order valence-electron chi connectivity index (χ3n) is 8.78. The van der Waals surface area contributed by atoms with Gasteiger partial charge in [0.25, 0.3) is 0 Å². The molecule has 4 heteroatoms. The van der Waals surface area contributed by atoms with Crippen LogP contribution in [0.25, 0.3) is 0 Å². The zero-order valence-electron chi connectivity index (χ0n) is 15.0. The van der Waals surface area contributed by atoms with Crippen LogP contribution in [0.1, 0.15) is 72.1 Å². The van der Waals surface area contributed by atoms with Gasteiger partial charge in [0.15, 0.2) is 0 Å². The highest BCUT2D eigenvalue weighted by Gasteiger charge is 2.72.